The number of fused-ring (bicyclic) bond motifs is 1. The fourth-order valence-corrected chi connectivity index (χ4v) is 3.01. The standard InChI is InChI=1S/C20H26N4O2/c1-15-13-22-8-6-17(15)7-9-23-20(21-2)24(3)14-16-4-5-18-19(12-16)26-11-10-25-18/h4-6,8,12-13H,7,9-11,14H2,1-3H3,(H,21,23). The third-order valence-corrected chi connectivity index (χ3v) is 4.41. The summed E-state index contributed by atoms with van der Waals surface area (Å²) in [6.07, 6.45) is 4.68. The van der Waals surface area contributed by atoms with E-state index in [0.717, 1.165) is 42.5 Å². The Labute approximate surface area is 154 Å². The lowest BCUT2D eigenvalue weighted by Crippen LogP contribution is -2.39. The molecule has 6 heteroatoms. The Kier molecular flexibility index (Phi) is 5.94. The summed E-state index contributed by atoms with van der Waals surface area (Å²) in [5.74, 6) is 2.50. The molecule has 3 rings (SSSR count). The summed E-state index contributed by atoms with van der Waals surface area (Å²) in [5, 5.41) is 3.43. The van der Waals surface area contributed by atoms with E-state index in [2.05, 4.69) is 39.2 Å². The Hall–Kier alpha value is -2.76. The summed E-state index contributed by atoms with van der Waals surface area (Å²) in [7, 11) is 3.84. The molecule has 0 bridgehead atoms. The van der Waals surface area contributed by atoms with Gasteiger partial charge in [-0.2, -0.15) is 0 Å². The number of pyridine rings is 1. The van der Waals surface area contributed by atoms with Crippen LogP contribution in [0.2, 0.25) is 0 Å². The smallest absolute Gasteiger partial charge is 0.193 e. The molecule has 0 radical (unpaired) electrons. The summed E-state index contributed by atoms with van der Waals surface area (Å²) in [6.45, 7) is 4.86. The van der Waals surface area contributed by atoms with Crippen molar-refractivity contribution in [2.24, 2.45) is 4.99 Å². The molecule has 26 heavy (non-hydrogen) atoms. The van der Waals surface area contributed by atoms with Gasteiger partial charge in [-0.15, -0.1) is 0 Å². The quantitative estimate of drug-likeness (QED) is 0.660. The van der Waals surface area contributed by atoms with Crippen molar-refractivity contribution in [3.8, 4) is 11.5 Å². The molecule has 0 saturated heterocycles. The topological polar surface area (TPSA) is 59.0 Å². The van der Waals surface area contributed by atoms with Crippen molar-refractivity contribution in [2.45, 2.75) is 19.9 Å². The maximum Gasteiger partial charge on any atom is 0.193 e. The maximum atomic E-state index is 5.66. The molecular formula is C20H26N4O2. The van der Waals surface area contributed by atoms with E-state index in [4.69, 9.17) is 9.47 Å². The predicted molar refractivity (Wildman–Crippen MR) is 103 cm³/mol. The highest BCUT2D eigenvalue weighted by Crippen LogP contribution is 2.31. The van der Waals surface area contributed by atoms with Gasteiger partial charge in [-0.25, -0.2) is 0 Å². The number of aryl methyl sites for hydroxylation is 1. The second kappa shape index (κ2) is 8.56. The molecule has 6 nitrogen and oxygen atoms in total. The van der Waals surface area contributed by atoms with Gasteiger partial charge in [0.15, 0.2) is 17.5 Å². The number of nitrogens with one attached hydrogen (secondary N) is 1. The number of aromatic nitrogens is 1. The first-order valence-corrected chi connectivity index (χ1v) is 8.87. The maximum absolute atomic E-state index is 5.66. The molecule has 1 aliphatic rings. The van der Waals surface area contributed by atoms with Crippen LogP contribution in [-0.2, 0) is 13.0 Å². The van der Waals surface area contributed by atoms with Crippen LogP contribution in [0.25, 0.3) is 0 Å². The molecule has 2 aromatic rings. The van der Waals surface area contributed by atoms with Gasteiger partial charge in [0.2, 0.25) is 0 Å². The first kappa shape index (κ1) is 18.0. The summed E-state index contributed by atoms with van der Waals surface area (Å²) in [6, 6.07) is 8.15. The molecule has 0 unspecified atom stereocenters. The van der Waals surface area contributed by atoms with Crippen molar-refractivity contribution in [1.82, 2.24) is 15.2 Å². The SMILES string of the molecule is CN=C(NCCc1ccncc1C)N(C)Cc1ccc2c(c1)OCCO2. The monoisotopic (exact) mass is 354 g/mol. The number of guanidine groups is 1. The van der Waals surface area contributed by atoms with Crippen LogP contribution < -0.4 is 14.8 Å². The number of ether oxygens (including phenoxy) is 2. The van der Waals surface area contributed by atoms with Crippen LogP contribution in [0.4, 0.5) is 0 Å². The van der Waals surface area contributed by atoms with E-state index in [1.54, 1.807) is 7.05 Å². The first-order valence-electron chi connectivity index (χ1n) is 8.87. The number of hydrogen-bond acceptors (Lipinski definition) is 4. The van der Waals surface area contributed by atoms with Gasteiger partial charge in [0.25, 0.3) is 0 Å². The molecule has 1 aromatic heterocycles. The largest absolute Gasteiger partial charge is 0.486 e. The highest BCUT2D eigenvalue weighted by Gasteiger charge is 2.13. The number of aliphatic imine (C=N–C) groups is 1. The minimum Gasteiger partial charge on any atom is -0.486 e. The van der Waals surface area contributed by atoms with E-state index in [-0.39, 0.29) is 0 Å². The van der Waals surface area contributed by atoms with Gasteiger partial charge in [0, 0.05) is 39.6 Å². The molecule has 0 amide bonds. The molecule has 1 aliphatic heterocycles. The van der Waals surface area contributed by atoms with Crippen LogP contribution in [0.5, 0.6) is 11.5 Å². The van der Waals surface area contributed by atoms with Crippen molar-refractivity contribution < 1.29 is 9.47 Å². The normalized spacial score (nSPS) is 13.4. The highest BCUT2D eigenvalue weighted by molar-refractivity contribution is 5.79. The van der Waals surface area contributed by atoms with Gasteiger partial charge in [0.05, 0.1) is 0 Å². The number of benzene rings is 1. The van der Waals surface area contributed by atoms with E-state index in [9.17, 15) is 0 Å². The second-order valence-electron chi connectivity index (χ2n) is 6.36. The summed E-state index contributed by atoms with van der Waals surface area (Å²) in [5.41, 5.74) is 3.68. The van der Waals surface area contributed by atoms with E-state index < -0.39 is 0 Å². The van der Waals surface area contributed by atoms with Gasteiger partial charge < -0.3 is 19.7 Å². The van der Waals surface area contributed by atoms with Gasteiger partial charge in [0.1, 0.15) is 13.2 Å². The minimum atomic E-state index is 0.601. The van der Waals surface area contributed by atoms with E-state index in [1.165, 1.54) is 11.1 Å². The van der Waals surface area contributed by atoms with Crippen LogP contribution in [0, 0.1) is 6.92 Å². The second-order valence-corrected chi connectivity index (χ2v) is 6.36. The number of rotatable bonds is 5. The lowest BCUT2D eigenvalue weighted by atomic mass is 10.1. The predicted octanol–water partition coefficient (Wildman–Crippen LogP) is 2.41. The van der Waals surface area contributed by atoms with Gasteiger partial charge in [-0.3, -0.25) is 9.98 Å². The zero-order chi connectivity index (χ0) is 18.4. The number of nitrogens with zero attached hydrogens (tertiary/aromatic N) is 3. The van der Waals surface area contributed by atoms with Crippen molar-refractivity contribution in [3.05, 3.63) is 53.3 Å². The zero-order valence-corrected chi connectivity index (χ0v) is 15.7. The van der Waals surface area contributed by atoms with E-state index >= 15 is 0 Å². The molecule has 2 heterocycles. The number of hydrogen-bond donors (Lipinski definition) is 1. The summed E-state index contributed by atoms with van der Waals surface area (Å²) >= 11 is 0. The highest BCUT2D eigenvalue weighted by atomic mass is 16.6. The Morgan fingerprint density at radius 2 is 2.04 bits per heavy atom. The van der Waals surface area contributed by atoms with Crippen LogP contribution in [-0.4, -0.2) is 49.7 Å². The van der Waals surface area contributed by atoms with Crippen LogP contribution in [0.3, 0.4) is 0 Å². The van der Waals surface area contributed by atoms with Crippen LogP contribution >= 0.6 is 0 Å². The van der Waals surface area contributed by atoms with Crippen molar-refractivity contribution in [1.29, 1.82) is 0 Å². The lowest BCUT2D eigenvalue weighted by Gasteiger charge is -2.24. The first-order chi connectivity index (χ1) is 12.7. The Bertz CT molecular complexity index is 776. The minimum absolute atomic E-state index is 0.601. The fraction of sp³-hybridized carbons (Fsp3) is 0.400. The molecule has 0 aliphatic carbocycles. The Morgan fingerprint density at radius 3 is 2.81 bits per heavy atom. The third kappa shape index (κ3) is 4.45. The fourth-order valence-electron chi connectivity index (χ4n) is 3.01. The average molecular weight is 354 g/mol. The average Bonchev–Trinajstić information content (AvgIpc) is 2.66. The molecule has 0 spiro atoms. The lowest BCUT2D eigenvalue weighted by molar-refractivity contribution is 0.171. The molecular weight excluding hydrogens is 328 g/mol. The molecule has 138 valence electrons. The van der Waals surface area contributed by atoms with Gasteiger partial charge >= 0.3 is 0 Å². The zero-order valence-electron chi connectivity index (χ0n) is 15.7. The third-order valence-electron chi connectivity index (χ3n) is 4.41. The van der Waals surface area contributed by atoms with Crippen molar-refractivity contribution in [2.75, 3.05) is 33.9 Å². The molecule has 1 N–H and O–H groups in total. The van der Waals surface area contributed by atoms with Gasteiger partial charge in [-0.1, -0.05) is 6.07 Å². The molecule has 0 fully saturated rings. The Balaban J connectivity index is 1.55. The Morgan fingerprint density at radius 1 is 1.23 bits per heavy atom. The molecule has 0 saturated carbocycles. The molecule has 0 atom stereocenters. The summed E-state index contributed by atoms with van der Waals surface area (Å²) in [4.78, 5) is 10.6. The van der Waals surface area contributed by atoms with Crippen molar-refractivity contribution >= 4 is 5.96 Å². The van der Waals surface area contributed by atoms with E-state index in [1.807, 2.05) is 31.6 Å². The van der Waals surface area contributed by atoms with Gasteiger partial charge in [-0.05, 0) is 48.2 Å². The summed E-state index contributed by atoms with van der Waals surface area (Å²) < 4.78 is 11.2. The molecule has 1 aromatic carbocycles. The van der Waals surface area contributed by atoms with Crippen molar-refractivity contribution in [3.63, 3.8) is 0 Å². The van der Waals surface area contributed by atoms with Crippen LogP contribution in [0.15, 0.2) is 41.7 Å². The van der Waals surface area contributed by atoms with Crippen LogP contribution in [0.1, 0.15) is 16.7 Å². The van der Waals surface area contributed by atoms with E-state index in [0.29, 0.717) is 13.2 Å².